The monoisotopic (exact) mass is 224 g/mol. The molecule has 0 fully saturated rings. The summed E-state index contributed by atoms with van der Waals surface area (Å²) in [6.45, 7) is 4.27. The number of hydrogen-bond donors (Lipinski definition) is 0. The van der Waals surface area contributed by atoms with Crippen molar-refractivity contribution in [2.45, 2.75) is 13.8 Å². The number of halogens is 1. The Balaban J connectivity index is 2.89. The molecule has 1 aromatic carbocycles. The van der Waals surface area contributed by atoms with Crippen molar-refractivity contribution in [2.75, 3.05) is 5.33 Å². The van der Waals surface area contributed by atoms with Crippen LogP contribution in [-0.2, 0) is 0 Å². The summed E-state index contributed by atoms with van der Waals surface area (Å²) in [5, 5.41) is 0.917. The van der Waals surface area contributed by atoms with Gasteiger partial charge in [0.05, 0.1) is 0 Å². The number of benzene rings is 1. The topological polar surface area (TPSA) is 0 Å². The lowest BCUT2D eigenvalue weighted by atomic mass is 10.1. The molecule has 1 rings (SSSR count). The molecule has 0 radical (unpaired) electrons. The lowest BCUT2D eigenvalue weighted by molar-refractivity contribution is 1.33. The molecule has 0 saturated heterocycles. The zero-order chi connectivity index (χ0) is 8.97. The molecule has 0 aliphatic heterocycles. The Morgan fingerprint density at radius 1 is 1.25 bits per heavy atom. The molecule has 0 aliphatic rings. The molecule has 64 valence electrons. The van der Waals surface area contributed by atoms with E-state index in [1.165, 1.54) is 16.7 Å². The number of hydrogen-bond acceptors (Lipinski definition) is 0. The SMILES string of the molecule is Cc1ccc(/C=C/CBr)cc1C. The van der Waals surface area contributed by atoms with Gasteiger partial charge in [-0.05, 0) is 30.5 Å². The fourth-order valence-electron chi connectivity index (χ4n) is 1.05. The van der Waals surface area contributed by atoms with Crippen LogP contribution in [-0.4, -0.2) is 5.33 Å². The molecule has 0 nitrogen and oxygen atoms in total. The average Bonchev–Trinajstić information content (AvgIpc) is 2.07. The first kappa shape index (κ1) is 9.53. The Labute approximate surface area is 82.4 Å². The van der Waals surface area contributed by atoms with Gasteiger partial charge in [-0.2, -0.15) is 0 Å². The van der Waals surface area contributed by atoms with E-state index in [1.54, 1.807) is 0 Å². The summed E-state index contributed by atoms with van der Waals surface area (Å²) in [7, 11) is 0. The smallest absolute Gasteiger partial charge is 0.0215 e. The Kier molecular flexibility index (Phi) is 3.54. The predicted molar refractivity (Wildman–Crippen MR) is 58.7 cm³/mol. The highest BCUT2D eigenvalue weighted by Crippen LogP contribution is 2.10. The molecule has 0 N–H and O–H groups in total. The van der Waals surface area contributed by atoms with Gasteiger partial charge in [-0.3, -0.25) is 0 Å². The standard InChI is InChI=1S/C11H13Br/c1-9-5-6-11(4-3-7-12)8-10(9)2/h3-6,8H,7H2,1-2H3/b4-3+. The minimum Gasteiger partial charge on any atom is -0.0883 e. The molecule has 0 atom stereocenters. The maximum atomic E-state index is 3.35. The van der Waals surface area contributed by atoms with E-state index in [0.29, 0.717) is 0 Å². The third kappa shape index (κ3) is 2.49. The third-order valence-electron chi connectivity index (χ3n) is 1.93. The van der Waals surface area contributed by atoms with E-state index in [2.05, 4.69) is 60.1 Å². The van der Waals surface area contributed by atoms with Crippen LogP contribution in [0.15, 0.2) is 24.3 Å². The van der Waals surface area contributed by atoms with E-state index < -0.39 is 0 Å². The highest BCUT2D eigenvalue weighted by Gasteiger charge is 1.91. The molecule has 1 heteroatoms. The molecule has 0 bridgehead atoms. The number of rotatable bonds is 2. The lowest BCUT2D eigenvalue weighted by Crippen LogP contribution is -1.81. The van der Waals surface area contributed by atoms with Crippen molar-refractivity contribution in [3.05, 3.63) is 41.0 Å². The van der Waals surface area contributed by atoms with E-state index in [4.69, 9.17) is 0 Å². The zero-order valence-electron chi connectivity index (χ0n) is 7.47. The summed E-state index contributed by atoms with van der Waals surface area (Å²) in [5.74, 6) is 0. The van der Waals surface area contributed by atoms with Gasteiger partial charge < -0.3 is 0 Å². The molecule has 0 saturated carbocycles. The molecule has 1 aromatic rings. The van der Waals surface area contributed by atoms with Crippen molar-refractivity contribution in [1.29, 1.82) is 0 Å². The van der Waals surface area contributed by atoms with E-state index in [1.807, 2.05) is 0 Å². The van der Waals surface area contributed by atoms with E-state index in [9.17, 15) is 0 Å². The second kappa shape index (κ2) is 4.46. The Morgan fingerprint density at radius 2 is 2.00 bits per heavy atom. The molecule has 12 heavy (non-hydrogen) atoms. The number of alkyl halides is 1. The molecule has 0 heterocycles. The Bertz CT molecular complexity index is 287. The first-order valence-electron chi connectivity index (χ1n) is 4.04. The third-order valence-corrected chi connectivity index (χ3v) is 2.30. The van der Waals surface area contributed by atoms with Crippen LogP contribution >= 0.6 is 15.9 Å². The van der Waals surface area contributed by atoms with Crippen LogP contribution in [0.2, 0.25) is 0 Å². The van der Waals surface area contributed by atoms with Gasteiger partial charge in [-0.25, -0.2) is 0 Å². The Morgan fingerprint density at radius 3 is 2.58 bits per heavy atom. The quantitative estimate of drug-likeness (QED) is 0.673. The van der Waals surface area contributed by atoms with Crippen LogP contribution in [0, 0.1) is 13.8 Å². The highest BCUT2D eigenvalue weighted by atomic mass is 79.9. The first-order chi connectivity index (χ1) is 5.74. The van der Waals surface area contributed by atoms with Gasteiger partial charge in [0.1, 0.15) is 0 Å². The van der Waals surface area contributed by atoms with E-state index in [-0.39, 0.29) is 0 Å². The number of allylic oxidation sites excluding steroid dienone is 1. The first-order valence-corrected chi connectivity index (χ1v) is 5.16. The molecule has 0 spiro atoms. The van der Waals surface area contributed by atoms with E-state index in [0.717, 1.165) is 5.33 Å². The molecule has 0 aromatic heterocycles. The van der Waals surface area contributed by atoms with Crippen molar-refractivity contribution >= 4 is 22.0 Å². The van der Waals surface area contributed by atoms with Crippen LogP contribution in [0.1, 0.15) is 16.7 Å². The second-order valence-electron chi connectivity index (χ2n) is 2.90. The molecule has 0 amide bonds. The fraction of sp³-hybridized carbons (Fsp3) is 0.273. The minimum absolute atomic E-state index is 0.917. The van der Waals surface area contributed by atoms with Gasteiger partial charge in [0.25, 0.3) is 0 Å². The minimum atomic E-state index is 0.917. The van der Waals surface area contributed by atoms with Gasteiger partial charge in [0, 0.05) is 5.33 Å². The van der Waals surface area contributed by atoms with Crippen molar-refractivity contribution in [1.82, 2.24) is 0 Å². The summed E-state index contributed by atoms with van der Waals surface area (Å²) in [6, 6.07) is 6.50. The molecule has 0 unspecified atom stereocenters. The van der Waals surface area contributed by atoms with Gasteiger partial charge in [0.2, 0.25) is 0 Å². The summed E-state index contributed by atoms with van der Waals surface area (Å²) in [5.41, 5.74) is 3.98. The van der Waals surface area contributed by atoms with Crippen LogP contribution < -0.4 is 0 Å². The summed E-state index contributed by atoms with van der Waals surface area (Å²) < 4.78 is 0. The summed E-state index contributed by atoms with van der Waals surface area (Å²) in [4.78, 5) is 0. The van der Waals surface area contributed by atoms with Crippen LogP contribution in [0.5, 0.6) is 0 Å². The van der Waals surface area contributed by atoms with Crippen LogP contribution in [0.4, 0.5) is 0 Å². The van der Waals surface area contributed by atoms with Gasteiger partial charge in [-0.15, -0.1) is 0 Å². The predicted octanol–water partition coefficient (Wildman–Crippen LogP) is 3.71. The maximum Gasteiger partial charge on any atom is 0.0215 e. The average molecular weight is 225 g/mol. The maximum absolute atomic E-state index is 3.35. The second-order valence-corrected chi connectivity index (χ2v) is 3.55. The normalized spacial score (nSPS) is 10.9. The van der Waals surface area contributed by atoms with Crippen LogP contribution in [0.3, 0.4) is 0 Å². The molecule has 0 aliphatic carbocycles. The Hall–Kier alpha value is -0.560. The van der Waals surface area contributed by atoms with Crippen LogP contribution in [0.25, 0.3) is 6.08 Å². The van der Waals surface area contributed by atoms with Crippen molar-refractivity contribution in [3.63, 3.8) is 0 Å². The van der Waals surface area contributed by atoms with E-state index >= 15 is 0 Å². The zero-order valence-corrected chi connectivity index (χ0v) is 9.06. The molecular weight excluding hydrogens is 212 g/mol. The highest BCUT2D eigenvalue weighted by molar-refractivity contribution is 9.09. The number of aryl methyl sites for hydroxylation is 2. The van der Waals surface area contributed by atoms with Crippen molar-refractivity contribution < 1.29 is 0 Å². The van der Waals surface area contributed by atoms with Gasteiger partial charge in [0.15, 0.2) is 0 Å². The van der Waals surface area contributed by atoms with Crippen molar-refractivity contribution in [3.8, 4) is 0 Å². The lowest BCUT2D eigenvalue weighted by Gasteiger charge is -2.00. The fourth-order valence-corrected chi connectivity index (χ4v) is 1.24. The molecular formula is C11H13Br. The summed E-state index contributed by atoms with van der Waals surface area (Å²) in [6.07, 6.45) is 4.23. The summed E-state index contributed by atoms with van der Waals surface area (Å²) >= 11 is 3.35. The van der Waals surface area contributed by atoms with Crippen molar-refractivity contribution in [2.24, 2.45) is 0 Å². The van der Waals surface area contributed by atoms with Gasteiger partial charge in [-0.1, -0.05) is 46.3 Å². The largest absolute Gasteiger partial charge is 0.0883 e. The van der Waals surface area contributed by atoms with Gasteiger partial charge >= 0.3 is 0 Å².